The van der Waals surface area contributed by atoms with Gasteiger partial charge in [0.05, 0.1) is 27.5 Å². The van der Waals surface area contributed by atoms with E-state index in [0.29, 0.717) is 17.6 Å². The topological polar surface area (TPSA) is 138 Å². The molecule has 0 spiro atoms. The lowest BCUT2D eigenvalue weighted by Crippen LogP contribution is -2.38. The van der Waals surface area contributed by atoms with Crippen molar-refractivity contribution >= 4 is 66.3 Å². The van der Waals surface area contributed by atoms with Crippen LogP contribution >= 0.6 is 22.7 Å². The molecule has 236 valence electrons. The molecule has 14 heteroatoms. The first kappa shape index (κ1) is 32.7. The minimum absolute atomic E-state index is 0.0964. The fraction of sp³-hybridized carbons (Fsp3) is 0.226. The van der Waals surface area contributed by atoms with Crippen LogP contribution in [0.5, 0.6) is 0 Å². The Labute approximate surface area is 269 Å². The normalized spacial score (nSPS) is 15.3. The van der Waals surface area contributed by atoms with E-state index in [9.17, 15) is 30.7 Å². The first-order chi connectivity index (χ1) is 21.4. The van der Waals surface area contributed by atoms with Gasteiger partial charge in [-0.2, -0.15) is 21.4 Å². The van der Waals surface area contributed by atoms with Crippen molar-refractivity contribution in [1.29, 1.82) is 0 Å². The summed E-state index contributed by atoms with van der Waals surface area (Å²) < 4.78 is 68.9. The molecule has 10 nitrogen and oxygen atoms in total. The number of nitrogens with zero attached hydrogens (tertiary/aromatic N) is 3. The van der Waals surface area contributed by atoms with Gasteiger partial charge in [0.1, 0.15) is 4.66 Å². The summed E-state index contributed by atoms with van der Waals surface area (Å²) in [6.45, 7) is 2.81. The van der Waals surface area contributed by atoms with Gasteiger partial charge in [-0.3, -0.25) is 18.5 Å². The number of anilines is 1. The summed E-state index contributed by atoms with van der Waals surface area (Å²) in [4.78, 5) is 15.2. The molecule has 5 rings (SSSR count). The Morgan fingerprint density at radius 3 is 2.36 bits per heavy atom. The van der Waals surface area contributed by atoms with Gasteiger partial charge in [0.15, 0.2) is 6.54 Å². The van der Waals surface area contributed by atoms with Gasteiger partial charge >= 0.3 is 0 Å². The van der Waals surface area contributed by atoms with Crippen molar-refractivity contribution in [3.63, 3.8) is 0 Å². The van der Waals surface area contributed by atoms with Crippen LogP contribution in [0.4, 0.5) is 5.69 Å². The number of rotatable bonds is 11. The number of para-hydroxylation sites is 1. The molecular weight excluding hydrogens is 655 g/mol. The fourth-order valence-corrected chi connectivity index (χ4v) is 8.07. The third-order valence-corrected chi connectivity index (χ3v) is 10.7. The van der Waals surface area contributed by atoms with Crippen LogP contribution in [0.15, 0.2) is 83.1 Å². The largest absolute Gasteiger partial charge is 0.346 e. The monoisotopic (exact) mass is 686 g/mol. The molecule has 0 radical (unpaired) electrons. The number of hydrogen-bond acceptors (Lipinski definition) is 8. The van der Waals surface area contributed by atoms with E-state index in [1.54, 1.807) is 21.7 Å². The molecule has 0 aliphatic carbocycles. The van der Waals surface area contributed by atoms with Crippen molar-refractivity contribution in [2.45, 2.75) is 26.4 Å². The summed E-state index contributed by atoms with van der Waals surface area (Å²) in [6.07, 6.45) is 9.40. The van der Waals surface area contributed by atoms with E-state index in [4.69, 9.17) is 0 Å². The van der Waals surface area contributed by atoms with E-state index in [-0.39, 0.29) is 24.3 Å². The van der Waals surface area contributed by atoms with Crippen LogP contribution < -0.4 is 24.2 Å². The van der Waals surface area contributed by atoms with Gasteiger partial charge in [0, 0.05) is 42.5 Å². The third-order valence-electron chi connectivity index (χ3n) is 7.16. The maximum absolute atomic E-state index is 13.4. The highest BCUT2D eigenvalue weighted by molar-refractivity contribution is 7.86. The van der Waals surface area contributed by atoms with Gasteiger partial charge in [-0.1, -0.05) is 53.8 Å². The summed E-state index contributed by atoms with van der Waals surface area (Å²) in [6, 6.07) is 17.3. The molecular formula is C31H32N3O7S4+. The van der Waals surface area contributed by atoms with Gasteiger partial charge in [0.25, 0.3) is 30.8 Å². The summed E-state index contributed by atoms with van der Waals surface area (Å²) in [5.41, 5.74) is 4.25. The number of hydrogen-bond donors (Lipinski definition) is 2. The van der Waals surface area contributed by atoms with Gasteiger partial charge in [-0.15, -0.1) is 11.3 Å². The van der Waals surface area contributed by atoms with Crippen LogP contribution in [-0.2, 0) is 33.3 Å². The molecule has 1 aliphatic rings. The smallest absolute Gasteiger partial charge is 0.269 e. The first-order valence-corrected chi connectivity index (χ1v) is 19.0. The maximum Gasteiger partial charge on any atom is 0.269 e. The Bertz CT molecular complexity index is 2160. The standard InChI is InChI=1S/C31H31N3O7S4/c1-2-33-30(21-29-34(16-8-19-44(36,37)38)27(22-42-29)24-9-4-3-5-10-24)43-28(31(33)35)14-13-23-15-17-32(18-20-45(39,40)41)26-12-7-6-11-25(23)26/h3-7,9-15,17,21-22H,2,8,16,18-20H2,1H3,(H-,36,37,38,39,40,41)/p+1/b23-13+,28-14+. The van der Waals surface area contributed by atoms with E-state index in [2.05, 4.69) is 0 Å². The lowest BCUT2D eigenvalue weighted by atomic mass is 9.99. The molecule has 0 amide bonds. The number of fused-ring (bicyclic) bond motifs is 1. The van der Waals surface area contributed by atoms with Crippen molar-refractivity contribution in [3.05, 3.63) is 108 Å². The molecule has 2 N–H and O–H groups in total. The number of benzene rings is 2. The Hall–Kier alpha value is -3.66. The fourth-order valence-electron chi connectivity index (χ4n) is 5.03. The summed E-state index contributed by atoms with van der Waals surface area (Å²) >= 11 is 2.84. The maximum atomic E-state index is 13.4. The molecule has 0 unspecified atom stereocenters. The lowest BCUT2D eigenvalue weighted by Gasteiger charge is -2.27. The minimum Gasteiger partial charge on any atom is -0.346 e. The van der Waals surface area contributed by atoms with E-state index in [1.807, 2.05) is 89.7 Å². The average Bonchev–Trinajstić information content (AvgIpc) is 3.53. The molecule has 2 aromatic carbocycles. The highest BCUT2D eigenvalue weighted by atomic mass is 32.2. The average molecular weight is 687 g/mol. The van der Waals surface area contributed by atoms with E-state index < -0.39 is 26.0 Å². The summed E-state index contributed by atoms with van der Waals surface area (Å²) in [7, 11) is -8.21. The number of allylic oxidation sites excluding steroid dienone is 3. The second kappa shape index (κ2) is 13.8. The van der Waals surface area contributed by atoms with Gasteiger partial charge in [0.2, 0.25) is 5.69 Å². The van der Waals surface area contributed by atoms with Crippen LogP contribution in [0.1, 0.15) is 23.9 Å². The van der Waals surface area contributed by atoms with Crippen LogP contribution in [0.25, 0.3) is 29.0 Å². The zero-order chi connectivity index (χ0) is 32.2. The molecule has 0 fully saturated rings. The number of aromatic nitrogens is 2. The molecule has 0 saturated heterocycles. The first-order valence-electron chi connectivity index (χ1n) is 14.1. The van der Waals surface area contributed by atoms with Crippen molar-refractivity contribution in [1.82, 2.24) is 4.57 Å². The zero-order valence-corrected chi connectivity index (χ0v) is 27.6. The van der Waals surface area contributed by atoms with Crippen molar-refractivity contribution in [3.8, 4) is 11.3 Å². The highest BCUT2D eigenvalue weighted by Gasteiger charge is 2.22. The summed E-state index contributed by atoms with van der Waals surface area (Å²) in [5.74, 6) is -0.759. The molecule has 1 aliphatic heterocycles. The summed E-state index contributed by atoms with van der Waals surface area (Å²) in [5, 5.41) is 2.84. The van der Waals surface area contributed by atoms with Gasteiger partial charge in [-0.05, 0) is 42.8 Å². The van der Waals surface area contributed by atoms with Crippen LogP contribution in [0, 0.1) is 0 Å². The van der Waals surface area contributed by atoms with Crippen LogP contribution in [0.2, 0.25) is 0 Å². The van der Waals surface area contributed by atoms with Crippen molar-refractivity contribution in [2.24, 2.45) is 0 Å². The van der Waals surface area contributed by atoms with Crippen molar-refractivity contribution in [2.75, 3.05) is 23.0 Å². The Morgan fingerprint density at radius 1 is 0.933 bits per heavy atom. The predicted octanol–water partition coefficient (Wildman–Crippen LogP) is 3.14. The zero-order valence-electron chi connectivity index (χ0n) is 24.3. The molecule has 0 atom stereocenters. The minimum atomic E-state index is -4.11. The Kier molecular flexibility index (Phi) is 10.0. The van der Waals surface area contributed by atoms with Gasteiger partial charge < -0.3 is 4.90 Å². The van der Waals surface area contributed by atoms with E-state index in [1.165, 1.54) is 22.7 Å². The van der Waals surface area contributed by atoms with Crippen LogP contribution in [0.3, 0.4) is 0 Å². The van der Waals surface area contributed by atoms with Crippen LogP contribution in [-0.4, -0.2) is 48.6 Å². The predicted molar refractivity (Wildman–Crippen MR) is 180 cm³/mol. The SMILES string of the molecule is CCn1c(=O)/c(=C\C=C2/C=CN(CCS(=O)(=O)O)c3ccccc32)s/c1=C/c1scc(-c2ccccc2)[n+]1CCCS(=O)(=O)O. The Balaban J connectivity index is 1.53. The molecule has 2 aromatic heterocycles. The third kappa shape index (κ3) is 8.14. The molecule has 45 heavy (non-hydrogen) atoms. The van der Waals surface area contributed by atoms with Gasteiger partial charge in [-0.25, -0.2) is 0 Å². The Morgan fingerprint density at radius 2 is 1.64 bits per heavy atom. The second-order valence-electron chi connectivity index (χ2n) is 10.2. The molecule has 4 aromatic rings. The molecule has 0 saturated carbocycles. The second-order valence-corrected chi connectivity index (χ2v) is 15.3. The number of thiazole rings is 2. The van der Waals surface area contributed by atoms with E-state index in [0.717, 1.165) is 37.8 Å². The molecule has 0 bridgehead atoms. The quantitative estimate of drug-likeness (QED) is 0.181. The highest BCUT2D eigenvalue weighted by Crippen LogP contribution is 2.32. The van der Waals surface area contributed by atoms with Crippen molar-refractivity contribution < 1.29 is 30.5 Å². The lowest BCUT2D eigenvalue weighted by molar-refractivity contribution is -0.683. The molecule has 3 heterocycles. The van der Waals surface area contributed by atoms with E-state index >= 15 is 0 Å².